The molecule has 1 aliphatic rings. The van der Waals surface area contributed by atoms with Crippen LogP contribution in [-0.2, 0) is 20.9 Å². The highest BCUT2D eigenvalue weighted by molar-refractivity contribution is 7.80. The Labute approximate surface area is 185 Å². The first kappa shape index (κ1) is 22.2. The zero-order chi connectivity index (χ0) is 22.5. The SMILES string of the molecule is COC(=O)c1ccc(NC(=O)C[C@H]2C(=O)N(C)C(=S)N2Cc2ccc(OC)cc2)cc1. The number of carbonyl (C=O) groups is 3. The zero-order valence-electron chi connectivity index (χ0n) is 17.5. The van der Waals surface area contributed by atoms with Crippen molar-refractivity contribution in [3.8, 4) is 5.75 Å². The first-order valence-corrected chi connectivity index (χ1v) is 9.94. The Bertz CT molecular complexity index is 991. The molecule has 8 nitrogen and oxygen atoms in total. The number of methoxy groups -OCH3 is 2. The summed E-state index contributed by atoms with van der Waals surface area (Å²) in [7, 11) is 4.50. The van der Waals surface area contributed by atoms with E-state index in [4.69, 9.17) is 17.0 Å². The third kappa shape index (κ3) is 5.00. The van der Waals surface area contributed by atoms with Gasteiger partial charge in [-0.25, -0.2) is 4.79 Å². The molecule has 2 aromatic carbocycles. The molecule has 2 amide bonds. The van der Waals surface area contributed by atoms with E-state index in [9.17, 15) is 14.4 Å². The van der Waals surface area contributed by atoms with Crippen LogP contribution in [0.4, 0.5) is 5.69 Å². The van der Waals surface area contributed by atoms with E-state index >= 15 is 0 Å². The summed E-state index contributed by atoms with van der Waals surface area (Å²) >= 11 is 5.43. The average Bonchev–Trinajstić information content (AvgIpc) is 2.98. The minimum atomic E-state index is -0.700. The summed E-state index contributed by atoms with van der Waals surface area (Å²) in [5, 5.41) is 3.13. The normalized spacial score (nSPS) is 15.8. The molecular weight excluding hydrogens is 418 g/mol. The smallest absolute Gasteiger partial charge is 0.337 e. The van der Waals surface area contributed by atoms with Crippen LogP contribution in [0.25, 0.3) is 0 Å². The van der Waals surface area contributed by atoms with Crippen molar-refractivity contribution in [2.24, 2.45) is 0 Å². The lowest BCUT2D eigenvalue weighted by Crippen LogP contribution is -2.37. The Morgan fingerprint density at radius 1 is 1.06 bits per heavy atom. The van der Waals surface area contributed by atoms with Crippen LogP contribution in [0.2, 0.25) is 0 Å². The maximum atomic E-state index is 12.7. The number of amides is 2. The van der Waals surface area contributed by atoms with E-state index in [1.165, 1.54) is 12.0 Å². The molecular formula is C22H23N3O5S. The second-order valence-corrected chi connectivity index (χ2v) is 7.36. The molecule has 1 fully saturated rings. The van der Waals surface area contributed by atoms with Crippen LogP contribution in [0, 0.1) is 0 Å². The highest BCUT2D eigenvalue weighted by Gasteiger charge is 2.41. The fourth-order valence-electron chi connectivity index (χ4n) is 3.28. The van der Waals surface area contributed by atoms with Crippen LogP contribution in [0.5, 0.6) is 5.75 Å². The molecule has 0 saturated carbocycles. The van der Waals surface area contributed by atoms with E-state index in [0.717, 1.165) is 11.3 Å². The number of esters is 1. The van der Waals surface area contributed by atoms with Crippen molar-refractivity contribution in [1.82, 2.24) is 9.80 Å². The van der Waals surface area contributed by atoms with Gasteiger partial charge in [0.25, 0.3) is 5.91 Å². The molecule has 3 rings (SSSR count). The fourth-order valence-corrected chi connectivity index (χ4v) is 3.56. The standard InChI is InChI=1S/C22H23N3O5S/c1-24-20(27)18(25(22(24)31)13-14-4-10-17(29-2)11-5-14)12-19(26)23-16-8-6-15(7-9-16)21(28)30-3/h4-11,18H,12-13H2,1-3H3,(H,23,26)/t18-/m0/s1. The maximum Gasteiger partial charge on any atom is 0.337 e. The van der Waals surface area contributed by atoms with Gasteiger partial charge in [0.15, 0.2) is 5.11 Å². The van der Waals surface area contributed by atoms with Crippen molar-refractivity contribution in [3.63, 3.8) is 0 Å². The Morgan fingerprint density at radius 2 is 1.71 bits per heavy atom. The van der Waals surface area contributed by atoms with Gasteiger partial charge in [0.2, 0.25) is 5.91 Å². The summed E-state index contributed by atoms with van der Waals surface area (Å²) in [4.78, 5) is 40.0. The van der Waals surface area contributed by atoms with E-state index < -0.39 is 12.0 Å². The van der Waals surface area contributed by atoms with E-state index in [0.29, 0.717) is 22.9 Å². The summed E-state index contributed by atoms with van der Waals surface area (Å²) in [6, 6.07) is 13.1. The summed E-state index contributed by atoms with van der Waals surface area (Å²) < 4.78 is 9.83. The first-order valence-electron chi connectivity index (χ1n) is 9.53. The van der Waals surface area contributed by atoms with Crippen LogP contribution in [0.1, 0.15) is 22.3 Å². The average molecular weight is 442 g/mol. The molecule has 1 heterocycles. The van der Waals surface area contributed by atoms with Crippen molar-refractivity contribution < 1.29 is 23.9 Å². The Hall–Kier alpha value is -3.46. The van der Waals surface area contributed by atoms with Crippen LogP contribution in [0.15, 0.2) is 48.5 Å². The number of nitrogens with zero attached hydrogens (tertiary/aromatic N) is 2. The second kappa shape index (κ2) is 9.57. The molecule has 2 aromatic rings. The van der Waals surface area contributed by atoms with E-state index in [2.05, 4.69) is 10.1 Å². The van der Waals surface area contributed by atoms with Crippen molar-refractivity contribution in [1.29, 1.82) is 0 Å². The molecule has 0 unspecified atom stereocenters. The van der Waals surface area contributed by atoms with Gasteiger partial charge in [0.05, 0.1) is 26.2 Å². The van der Waals surface area contributed by atoms with Gasteiger partial charge >= 0.3 is 5.97 Å². The summed E-state index contributed by atoms with van der Waals surface area (Å²) in [5.74, 6) is -0.285. The topological polar surface area (TPSA) is 88.2 Å². The number of carbonyl (C=O) groups excluding carboxylic acids is 3. The summed E-state index contributed by atoms with van der Waals surface area (Å²) in [5.41, 5.74) is 1.83. The van der Waals surface area contributed by atoms with Crippen molar-refractivity contribution >= 4 is 40.8 Å². The molecule has 1 aliphatic heterocycles. The van der Waals surface area contributed by atoms with Crippen LogP contribution < -0.4 is 10.1 Å². The van der Waals surface area contributed by atoms with Crippen LogP contribution in [-0.4, -0.2) is 60.0 Å². The Kier molecular flexibility index (Phi) is 6.86. The zero-order valence-corrected chi connectivity index (χ0v) is 18.3. The highest BCUT2D eigenvalue weighted by Crippen LogP contribution is 2.24. The van der Waals surface area contributed by atoms with Crippen molar-refractivity contribution in [2.45, 2.75) is 19.0 Å². The molecule has 1 N–H and O–H groups in total. The predicted molar refractivity (Wildman–Crippen MR) is 119 cm³/mol. The Morgan fingerprint density at radius 3 is 2.29 bits per heavy atom. The lowest BCUT2D eigenvalue weighted by molar-refractivity contribution is -0.130. The van der Waals surface area contributed by atoms with Gasteiger partial charge in [-0.15, -0.1) is 0 Å². The molecule has 0 radical (unpaired) electrons. The van der Waals surface area contributed by atoms with E-state index in [-0.39, 0.29) is 18.2 Å². The van der Waals surface area contributed by atoms with Gasteiger partial charge in [-0.2, -0.15) is 0 Å². The molecule has 0 aromatic heterocycles. The predicted octanol–water partition coefficient (Wildman–Crippen LogP) is 2.44. The quantitative estimate of drug-likeness (QED) is 0.522. The lowest BCUT2D eigenvalue weighted by Gasteiger charge is -2.23. The molecule has 0 aliphatic carbocycles. The number of anilines is 1. The molecule has 0 spiro atoms. The largest absolute Gasteiger partial charge is 0.497 e. The van der Waals surface area contributed by atoms with Crippen LogP contribution >= 0.6 is 12.2 Å². The van der Waals surface area contributed by atoms with Gasteiger partial charge in [-0.3, -0.25) is 14.5 Å². The number of hydrogen-bond acceptors (Lipinski definition) is 6. The van der Waals surface area contributed by atoms with Gasteiger partial charge in [0.1, 0.15) is 11.8 Å². The number of ether oxygens (including phenoxy) is 2. The second-order valence-electron chi connectivity index (χ2n) is 6.99. The number of likely N-dealkylation sites (N-methyl/N-ethyl adjacent to an activating group) is 1. The molecule has 0 bridgehead atoms. The maximum absolute atomic E-state index is 12.7. The molecule has 1 atom stereocenters. The molecule has 162 valence electrons. The Balaban J connectivity index is 1.69. The monoisotopic (exact) mass is 441 g/mol. The van der Waals surface area contributed by atoms with E-state index in [1.807, 2.05) is 24.3 Å². The van der Waals surface area contributed by atoms with Crippen LogP contribution in [0.3, 0.4) is 0 Å². The minimum absolute atomic E-state index is 0.0573. The number of benzene rings is 2. The number of thiocarbonyl (C=S) groups is 1. The lowest BCUT2D eigenvalue weighted by atomic mass is 10.1. The van der Waals surface area contributed by atoms with Gasteiger partial charge in [0, 0.05) is 19.3 Å². The number of hydrogen-bond donors (Lipinski definition) is 1. The fraction of sp³-hybridized carbons (Fsp3) is 0.273. The third-order valence-electron chi connectivity index (χ3n) is 5.00. The van der Waals surface area contributed by atoms with Gasteiger partial charge < -0.3 is 19.7 Å². The van der Waals surface area contributed by atoms with Gasteiger partial charge in [-0.1, -0.05) is 12.1 Å². The van der Waals surface area contributed by atoms with Gasteiger partial charge in [-0.05, 0) is 54.2 Å². The minimum Gasteiger partial charge on any atom is -0.497 e. The summed E-state index contributed by atoms with van der Waals surface area (Å²) in [6.07, 6.45) is -0.0573. The van der Waals surface area contributed by atoms with Crippen molar-refractivity contribution in [3.05, 3.63) is 59.7 Å². The number of nitrogens with one attached hydrogen (secondary N) is 1. The van der Waals surface area contributed by atoms with E-state index in [1.54, 1.807) is 43.3 Å². The third-order valence-corrected chi connectivity index (χ3v) is 5.51. The first-order chi connectivity index (χ1) is 14.8. The molecule has 9 heteroatoms. The highest BCUT2D eigenvalue weighted by atomic mass is 32.1. The summed E-state index contributed by atoms with van der Waals surface area (Å²) in [6.45, 7) is 0.394. The molecule has 31 heavy (non-hydrogen) atoms. The molecule has 1 saturated heterocycles. The van der Waals surface area contributed by atoms with Crippen molar-refractivity contribution in [2.75, 3.05) is 26.6 Å². The number of rotatable bonds is 7.